The number of nitrogens with zero attached hydrogens (tertiary/aromatic N) is 4. The van der Waals surface area contributed by atoms with E-state index in [4.69, 9.17) is 15.0 Å². The molecule has 2 rings (SSSR count). The van der Waals surface area contributed by atoms with Gasteiger partial charge in [0.1, 0.15) is 12.1 Å². The molecule has 0 fully saturated rings. The minimum Gasteiger partial charge on any atom is -0.370 e. The van der Waals surface area contributed by atoms with Crippen LogP contribution in [0.4, 0.5) is 0 Å². The fourth-order valence-corrected chi connectivity index (χ4v) is 2.10. The van der Waals surface area contributed by atoms with Crippen LogP contribution in [-0.2, 0) is 11.8 Å². The molecule has 0 bridgehead atoms. The van der Waals surface area contributed by atoms with Crippen molar-refractivity contribution in [2.45, 2.75) is 39.8 Å². The average Bonchev–Trinajstić information content (AvgIpc) is 3.02. The van der Waals surface area contributed by atoms with Gasteiger partial charge in [0.2, 0.25) is 11.7 Å². The summed E-state index contributed by atoms with van der Waals surface area (Å²) in [4.78, 5) is 4.42. The van der Waals surface area contributed by atoms with Gasteiger partial charge in [-0.15, -0.1) is 0 Å². The first kappa shape index (κ1) is 15.7. The zero-order valence-corrected chi connectivity index (χ0v) is 13.2. The Morgan fingerprint density at radius 1 is 1.43 bits per heavy atom. The second-order valence-corrected chi connectivity index (χ2v) is 6.12. The fraction of sp³-hybridized carbons (Fsp3) is 0.643. The molecule has 2 N–H and O–H groups in total. The molecule has 0 saturated carbocycles. The summed E-state index contributed by atoms with van der Waals surface area (Å²) in [6.07, 6.45) is 3.29. The highest BCUT2D eigenvalue weighted by atomic mass is 16.5. The summed E-state index contributed by atoms with van der Waals surface area (Å²) in [5.41, 5.74) is 6.84. The molecule has 0 radical (unpaired) electrons. The maximum Gasteiger partial charge on any atom is 0.248 e. The third-order valence-electron chi connectivity index (χ3n) is 3.16. The van der Waals surface area contributed by atoms with Crippen molar-refractivity contribution in [2.75, 3.05) is 6.61 Å². The topological polar surface area (TPSA) is 92.0 Å². The van der Waals surface area contributed by atoms with Crippen LogP contribution in [0, 0.1) is 5.41 Å². The first-order valence-electron chi connectivity index (χ1n) is 7.02. The van der Waals surface area contributed by atoms with Crippen molar-refractivity contribution in [3.63, 3.8) is 0 Å². The van der Waals surface area contributed by atoms with Crippen molar-refractivity contribution >= 4 is 0 Å². The highest BCUT2D eigenvalue weighted by molar-refractivity contribution is 5.17. The highest BCUT2D eigenvalue weighted by Crippen LogP contribution is 2.35. The van der Waals surface area contributed by atoms with Crippen LogP contribution in [-0.4, -0.2) is 26.5 Å². The zero-order valence-electron chi connectivity index (χ0n) is 13.2. The number of aromatic nitrogens is 4. The molecule has 116 valence electrons. The van der Waals surface area contributed by atoms with Gasteiger partial charge >= 0.3 is 0 Å². The molecule has 0 amide bonds. The number of hydrogen-bond acceptors (Lipinski definition) is 6. The lowest BCUT2D eigenvalue weighted by atomic mass is 9.88. The van der Waals surface area contributed by atoms with Crippen LogP contribution in [0.15, 0.2) is 16.9 Å². The van der Waals surface area contributed by atoms with E-state index >= 15 is 0 Å². The van der Waals surface area contributed by atoms with Gasteiger partial charge in [-0.25, -0.2) is 0 Å². The Morgan fingerprint density at radius 3 is 2.67 bits per heavy atom. The SMILES string of the molecule is CCOC(c1noc(C(N)c2cnn(C)c2)n1)C(C)(C)C. The lowest BCUT2D eigenvalue weighted by Crippen LogP contribution is -2.23. The molecule has 0 aliphatic carbocycles. The molecule has 2 heterocycles. The normalized spacial score (nSPS) is 15.1. The highest BCUT2D eigenvalue weighted by Gasteiger charge is 2.32. The third kappa shape index (κ3) is 3.48. The van der Waals surface area contributed by atoms with Crippen LogP contribution >= 0.6 is 0 Å². The second-order valence-electron chi connectivity index (χ2n) is 6.12. The second kappa shape index (κ2) is 5.95. The summed E-state index contributed by atoms with van der Waals surface area (Å²) < 4.78 is 12.7. The molecule has 0 spiro atoms. The van der Waals surface area contributed by atoms with Crippen molar-refractivity contribution in [3.8, 4) is 0 Å². The van der Waals surface area contributed by atoms with Crippen LogP contribution < -0.4 is 5.73 Å². The first-order chi connectivity index (χ1) is 9.82. The van der Waals surface area contributed by atoms with Crippen molar-refractivity contribution in [2.24, 2.45) is 18.2 Å². The van der Waals surface area contributed by atoms with Gasteiger partial charge in [-0.3, -0.25) is 4.68 Å². The Kier molecular flexibility index (Phi) is 4.43. The summed E-state index contributed by atoms with van der Waals surface area (Å²) in [5.74, 6) is 0.894. The minimum absolute atomic E-state index is 0.129. The molecule has 2 unspecified atom stereocenters. The predicted molar refractivity (Wildman–Crippen MR) is 77.4 cm³/mol. The van der Waals surface area contributed by atoms with E-state index in [2.05, 4.69) is 36.0 Å². The standard InChI is InChI=1S/C14H23N5O2/c1-6-20-11(14(2,3)4)12-17-13(21-18-12)10(15)9-7-16-19(5)8-9/h7-8,10-11H,6,15H2,1-5H3. The van der Waals surface area contributed by atoms with Crippen molar-refractivity contribution in [1.82, 2.24) is 19.9 Å². The van der Waals surface area contributed by atoms with Gasteiger partial charge in [-0.05, 0) is 12.3 Å². The molecular formula is C14H23N5O2. The molecule has 0 aliphatic heterocycles. The van der Waals surface area contributed by atoms with Gasteiger partial charge in [-0.2, -0.15) is 10.1 Å². The summed E-state index contributed by atoms with van der Waals surface area (Å²) in [6.45, 7) is 8.75. The molecule has 2 atom stereocenters. The quantitative estimate of drug-likeness (QED) is 0.906. The van der Waals surface area contributed by atoms with Crippen LogP contribution in [0.2, 0.25) is 0 Å². The Bertz CT molecular complexity index is 584. The van der Waals surface area contributed by atoms with Gasteiger partial charge in [0.15, 0.2) is 0 Å². The summed E-state index contributed by atoms with van der Waals surface area (Å²) >= 11 is 0. The van der Waals surface area contributed by atoms with Crippen LogP contribution in [0.5, 0.6) is 0 Å². The Labute approximate surface area is 124 Å². The molecule has 2 aromatic rings. The molecule has 21 heavy (non-hydrogen) atoms. The minimum atomic E-state index is -0.484. The Balaban J connectivity index is 2.24. The van der Waals surface area contributed by atoms with Gasteiger partial charge in [0.05, 0.1) is 6.20 Å². The smallest absolute Gasteiger partial charge is 0.248 e. The van der Waals surface area contributed by atoms with Gasteiger partial charge in [0.25, 0.3) is 0 Å². The molecule has 7 heteroatoms. The number of nitrogens with two attached hydrogens (primary N) is 1. The fourth-order valence-electron chi connectivity index (χ4n) is 2.10. The average molecular weight is 293 g/mol. The van der Waals surface area contributed by atoms with Crippen molar-refractivity contribution < 1.29 is 9.26 Å². The first-order valence-corrected chi connectivity index (χ1v) is 7.02. The van der Waals surface area contributed by atoms with E-state index < -0.39 is 6.04 Å². The van der Waals surface area contributed by atoms with E-state index in [9.17, 15) is 0 Å². The van der Waals surface area contributed by atoms with Crippen molar-refractivity contribution in [3.05, 3.63) is 29.7 Å². The summed E-state index contributed by atoms with van der Waals surface area (Å²) in [5, 5.41) is 8.13. The van der Waals surface area contributed by atoms with Gasteiger partial charge in [0, 0.05) is 25.4 Å². The number of ether oxygens (including phenoxy) is 1. The molecule has 0 saturated heterocycles. The molecule has 7 nitrogen and oxygen atoms in total. The van der Waals surface area contributed by atoms with Crippen LogP contribution in [0.3, 0.4) is 0 Å². The largest absolute Gasteiger partial charge is 0.370 e. The lowest BCUT2D eigenvalue weighted by molar-refractivity contribution is -0.0203. The monoisotopic (exact) mass is 293 g/mol. The van der Waals surface area contributed by atoms with Crippen molar-refractivity contribution in [1.29, 1.82) is 0 Å². The van der Waals surface area contributed by atoms with E-state index in [0.717, 1.165) is 5.56 Å². The Morgan fingerprint density at radius 2 is 2.14 bits per heavy atom. The lowest BCUT2D eigenvalue weighted by Gasteiger charge is -2.27. The summed E-state index contributed by atoms with van der Waals surface area (Å²) in [7, 11) is 1.83. The maximum atomic E-state index is 6.14. The molecule has 2 aromatic heterocycles. The molecule has 0 aliphatic rings. The summed E-state index contributed by atoms with van der Waals surface area (Å²) in [6, 6.07) is -0.484. The number of rotatable bonds is 5. The van der Waals surface area contributed by atoms with Gasteiger partial charge < -0.3 is 15.0 Å². The van der Waals surface area contributed by atoms with E-state index in [1.54, 1.807) is 10.9 Å². The number of aryl methyl sites for hydroxylation is 1. The number of hydrogen-bond donors (Lipinski definition) is 1. The van der Waals surface area contributed by atoms with Crippen LogP contribution in [0.1, 0.15) is 57.1 Å². The van der Waals surface area contributed by atoms with E-state index in [1.165, 1.54) is 0 Å². The van der Waals surface area contributed by atoms with E-state index in [1.807, 2.05) is 20.2 Å². The third-order valence-corrected chi connectivity index (χ3v) is 3.16. The molecular weight excluding hydrogens is 270 g/mol. The van der Waals surface area contributed by atoms with E-state index in [0.29, 0.717) is 18.3 Å². The predicted octanol–water partition coefficient (Wildman–Crippen LogP) is 1.97. The zero-order chi connectivity index (χ0) is 15.6. The van der Waals surface area contributed by atoms with Gasteiger partial charge in [-0.1, -0.05) is 25.9 Å². The Hall–Kier alpha value is -1.73. The molecule has 0 aromatic carbocycles. The van der Waals surface area contributed by atoms with Crippen LogP contribution in [0.25, 0.3) is 0 Å². The maximum absolute atomic E-state index is 6.14. The van der Waals surface area contributed by atoms with E-state index in [-0.39, 0.29) is 11.5 Å².